The minimum atomic E-state index is -0.638. The molecule has 5 nitrogen and oxygen atoms in total. The molecule has 0 atom stereocenters. The zero-order valence-electron chi connectivity index (χ0n) is 10.2. The summed E-state index contributed by atoms with van der Waals surface area (Å²) in [6.45, 7) is 0.398. The highest BCUT2D eigenvalue weighted by Gasteiger charge is 2.11. The van der Waals surface area contributed by atoms with E-state index < -0.39 is 11.9 Å². The van der Waals surface area contributed by atoms with E-state index in [0.29, 0.717) is 18.2 Å². The molecular formula is C12H13Cl2NO4. The van der Waals surface area contributed by atoms with Crippen molar-refractivity contribution in [3.8, 4) is 0 Å². The SMILES string of the molecule is COCCNC(=O)COC(=O)c1ccc(Cl)c(Cl)c1. The lowest BCUT2D eigenvalue weighted by Crippen LogP contribution is -2.31. The van der Waals surface area contributed by atoms with Crippen LogP contribution in [0.4, 0.5) is 0 Å². The van der Waals surface area contributed by atoms with Crippen molar-refractivity contribution in [1.29, 1.82) is 0 Å². The highest BCUT2D eigenvalue weighted by atomic mass is 35.5. The molecule has 19 heavy (non-hydrogen) atoms. The number of hydrogen-bond donors (Lipinski definition) is 1. The molecule has 104 valence electrons. The first-order valence-corrected chi connectivity index (χ1v) is 6.18. The zero-order valence-corrected chi connectivity index (χ0v) is 11.8. The molecule has 1 aromatic rings. The Labute approximate surface area is 120 Å². The number of halogens is 2. The molecule has 0 spiro atoms. The van der Waals surface area contributed by atoms with Crippen LogP contribution in [0.5, 0.6) is 0 Å². The Bertz CT molecular complexity index is 465. The summed E-state index contributed by atoms with van der Waals surface area (Å²) in [6, 6.07) is 4.34. The molecule has 0 aromatic heterocycles. The fourth-order valence-electron chi connectivity index (χ4n) is 1.18. The summed E-state index contributed by atoms with van der Waals surface area (Å²) in [5.41, 5.74) is 0.235. The maximum atomic E-state index is 11.6. The largest absolute Gasteiger partial charge is 0.452 e. The highest BCUT2D eigenvalue weighted by molar-refractivity contribution is 6.42. The summed E-state index contributed by atoms with van der Waals surface area (Å²) in [7, 11) is 1.52. The first-order chi connectivity index (χ1) is 9.04. The van der Waals surface area contributed by atoms with E-state index in [9.17, 15) is 9.59 Å². The molecule has 0 aliphatic rings. The van der Waals surface area contributed by atoms with E-state index in [0.717, 1.165) is 0 Å². The maximum Gasteiger partial charge on any atom is 0.338 e. The summed E-state index contributed by atoms with van der Waals surface area (Å²) in [5.74, 6) is -1.04. The summed E-state index contributed by atoms with van der Waals surface area (Å²) < 4.78 is 9.58. The molecule has 1 aromatic carbocycles. The second-order valence-corrected chi connectivity index (χ2v) is 4.36. The van der Waals surface area contributed by atoms with E-state index >= 15 is 0 Å². The van der Waals surface area contributed by atoms with E-state index in [1.807, 2.05) is 0 Å². The van der Waals surface area contributed by atoms with Crippen molar-refractivity contribution in [2.24, 2.45) is 0 Å². The Morgan fingerprint density at radius 3 is 2.63 bits per heavy atom. The summed E-state index contributed by atoms with van der Waals surface area (Å²) in [5, 5.41) is 3.12. The summed E-state index contributed by atoms with van der Waals surface area (Å²) in [4.78, 5) is 22.9. The average molecular weight is 306 g/mol. The van der Waals surface area contributed by atoms with Crippen LogP contribution in [0.3, 0.4) is 0 Å². The van der Waals surface area contributed by atoms with Crippen molar-refractivity contribution in [3.63, 3.8) is 0 Å². The molecule has 0 radical (unpaired) electrons. The van der Waals surface area contributed by atoms with Gasteiger partial charge in [0.1, 0.15) is 0 Å². The standard InChI is InChI=1S/C12H13Cl2NO4/c1-18-5-4-15-11(16)7-19-12(17)8-2-3-9(13)10(14)6-8/h2-3,6H,4-5,7H2,1H3,(H,15,16). The van der Waals surface area contributed by atoms with Gasteiger partial charge in [-0.15, -0.1) is 0 Å². The molecule has 0 saturated heterocycles. The fourth-order valence-corrected chi connectivity index (χ4v) is 1.48. The number of esters is 1. The molecule has 1 rings (SSSR count). The average Bonchev–Trinajstić information content (AvgIpc) is 2.39. The van der Waals surface area contributed by atoms with Crippen LogP contribution < -0.4 is 5.32 Å². The Balaban J connectivity index is 2.42. The number of methoxy groups -OCH3 is 1. The van der Waals surface area contributed by atoms with Crippen LogP contribution in [0.1, 0.15) is 10.4 Å². The normalized spacial score (nSPS) is 10.1. The van der Waals surface area contributed by atoms with Gasteiger partial charge in [-0.05, 0) is 18.2 Å². The van der Waals surface area contributed by atoms with Gasteiger partial charge in [-0.2, -0.15) is 0 Å². The molecule has 0 bridgehead atoms. The van der Waals surface area contributed by atoms with Crippen LogP contribution >= 0.6 is 23.2 Å². The van der Waals surface area contributed by atoms with Gasteiger partial charge in [0.15, 0.2) is 6.61 Å². The van der Waals surface area contributed by atoms with Gasteiger partial charge in [-0.1, -0.05) is 23.2 Å². The molecule has 1 N–H and O–H groups in total. The van der Waals surface area contributed by atoms with Crippen LogP contribution in [0, 0.1) is 0 Å². The Morgan fingerprint density at radius 2 is 2.00 bits per heavy atom. The number of nitrogens with one attached hydrogen (secondary N) is 1. The van der Waals surface area contributed by atoms with Gasteiger partial charge >= 0.3 is 5.97 Å². The van der Waals surface area contributed by atoms with E-state index in [1.54, 1.807) is 0 Å². The van der Waals surface area contributed by atoms with E-state index in [4.69, 9.17) is 32.7 Å². The molecule has 0 saturated carbocycles. The van der Waals surface area contributed by atoms with Gasteiger partial charge in [0, 0.05) is 13.7 Å². The first kappa shape index (κ1) is 15.8. The topological polar surface area (TPSA) is 64.6 Å². The maximum absolute atomic E-state index is 11.6. The molecule has 1 amide bonds. The van der Waals surface area contributed by atoms with Crippen molar-refractivity contribution >= 4 is 35.1 Å². The van der Waals surface area contributed by atoms with E-state index in [1.165, 1.54) is 25.3 Å². The minimum Gasteiger partial charge on any atom is -0.452 e. The van der Waals surface area contributed by atoms with Crippen molar-refractivity contribution < 1.29 is 19.1 Å². The van der Waals surface area contributed by atoms with Gasteiger partial charge in [0.2, 0.25) is 0 Å². The third kappa shape index (κ3) is 5.46. The lowest BCUT2D eigenvalue weighted by Gasteiger charge is -2.06. The molecule has 0 heterocycles. The zero-order chi connectivity index (χ0) is 14.3. The molecule has 0 aliphatic carbocycles. The van der Waals surface area contributed by atoms with Crippen molar-refractivity contribution in [2.45, 2.75) is 0 Å². The number of rotatable bonds is 6. The van der Waals surface area contributed by atoms with Gasteiger partial charge in [-0.25, -0.2) is 4.79 Å². The number of benzene rings is 1. The number of hydrogen-bond acceptors (Lipinski definition) is 4. The molecule has 0 unspecified atom stereocenters. The Hall–Kier alpha value is -1.30. The fraction of sp³-hybridized carbons (Fsp3) is 0.333. The predicted molar refractivity (Wildman–Crippen MR) is 71.6 cm³/mol. The third-order valence-electron chi connectivity index (χ3n) is 2.12. The van der Waals surface area contributed by atoms with Gasteiger partial charge < -0.3 is 14.8 Å². The van der Waals surface area contributed by atoms with Crippen LogP contribution in [0.2, 0.25) is 10.0 Å². The third-order valence-corrected chi connectivity index (χ3v) is 2.86. The lowest BCUT2D eigenvalue weighted by molar-refractivity contribution is -0.124. The quantitative estimate of drug-likeness (QED) is 0.644. The molecule has 7 heteroatoms. The molecular weight excluding hydrogens is 293 g/mol. The lowest BCUT2D eigenvalue weighted by atomic mass is 10.2. The van der Waals surface area contributed by atoms with Crippen LogP contribution in [-0.4, -0.2) is 38.7 Å². The van der Waals surface area contributed by atoms with Crippen molar-refractivity contribution in [2.75, 3.05) is 26.9 Å². The van der Waals surface area contributed by atoms with Crippen molar-refractivity contribution in [3.05, 3.63) is 33.8 Å². The number of carbonyl (C=O) groups is 2. The van der Waals surface area contributed by atoms with Gasteiger partial charge in [-0.3, -0.25) is 4.79 Å². The van der Waals surface area contributed by atoms with Gasteiger partial charge in [0.05, 0.1) is 22.2 Å². The monoisotopic (exact) mass is 305 g/mol. The second-order valence-electron chi connectivity index (χ2n) is 3.55. The van der Waals surface area contributed by atoms with E-state index in [-0.39, 0.29) is 17.2 Å². The van der Waals surface area contributed by atoms with Crippen LogP contribution in [0.25, 0.3) is 0 Å². The molecule has 0 aliphatic heterocycles. The molecule has 0 fully saturated rings. The summed E-state index contributed by atoms with van der Waals surface area (Å²) in [6.07, 6.45) is 0. The van der Waals surface area contributed by atoms with Crippen molar-refractivity contribution in [1.82, 2.24) is 5.32 Å². The number of amides is 1. The second kappa shape index (κ2) is 7.99. The van der Waals surface area contributed by atoms with Gasteiger partial charge in [0.25, 0.3) is 5.91 Å². The van der Waals surface area contributed by atoms with Crippen LogP contribution in [0.15, 0.2) is 18.2 Å². The highest BCUT2D eigenvalue weighted by Crippen LogP contribution is 2.22. The smallest absolute Gasteiger partial charge is 0.338 e. The van der Waals surface area contributed by atoms with E-state index in [2.05, 4.69) is 5.32 Å². The Morgan fingerprint density at radius 1 is 1.26 bits per heavy atom. The number of carbonyl (C=O) groups excluding carboxylic acids is 2. The predicted octanol–water partition coefficient (Wildman–Crippen LogP) is 1.91. The summed E-state index contributed by atoms with van der Waals surface area (Å²) >= 11 is 11.5. The first-order valence-electron chi connectivity index (χ1n) is 5.42. The van der Waals surface area contributed by atoms with Crippen LogP contribution in [-0.2, 0) is 14.3 Å². The minimum absolute atomic E-state index is 0.235. The number of ether oxygens (including phenoxy) is 2. The Kier molecular flexibility index (Phi) is 6.62.